The van der Waals surface area contributed by atoms with Crippen LogP contribution in [0.2, 0.25) is 0 Å². The summed E-state index contributed by atoms with van der Waals surface area (Å²) in [5.41, 5.74) is 9.46. The fourth-order valence-electron chi connectivity index (χ4n) is 2.95. The number of rotatable bonds is 7. The number of benzene rings is 2. The Balaban J connectivity index is 1.75. The number of thiol groups is 1. The predicted octanol–water partition coefficient (Wildman–Crippen LogP) is 4.07. The van der Waals surface area contributed by atoms with E-state index in [9.17, 15) is 4.79 Å². The van der Waals surface area contributed by atoms with Crippen molar-refractivity contribution < 1.29 is 4.79 Å². The lowest BCUT2D eigenvalue weighted by atomic mass is 10.0. The van der Waals surface area contributed by atoms with Gasteiger partial charge in [-0.2, -0.15) is 0 Å². The zero-order valence-corrected chi connectivity index (χ0v) is 17.7. The maximum atomic E-state index is 11.4. The van der Waals surface area contributed by atoms with Gasteiger partial charge in [-0.25, -0.2) is 4.98 Å². The molecule has 0 radical (unpaired) electrons. The molecule has 0 bridgehead atoms. The van der Waals surface area contributed by atoms with Gasteiger partial charge in [-0.1, -0.05) is 24.3 Å². The first-order valence-corrected chi connectivity index (χ1v) is 10.4. The third-order valence-electron chi connectivity index (χ3n) is 4.22. The number of amides is 1. The topological polar surface area (TPSA) is 104 Å². The monoisotopic (exact) mass is 425 g/mol. The first-order chi connectivity index (χ1) is 13.9. The highest BCUT2D eigenvalue weighted by Gasteiger charge is 2.13. The van der Waals surface area contributed by atoms with E-state index in [1.165, 1.54) is 18.3 Å². The molecule has 0 saturated carbocycles. The summed E-state index contributed by atoms with van der Waals surface area (Å²) in [6, 6.07) is 15.9. The zero-order valence-electron chi connectivity index (χ0n) is 16.0. The van der Waals surface area contributed by atoms with Crippen LogP contribution in [-0.4, -0.2) is 16.9 Å². The first kappa shape index (κ1) is 20.9. The van der Waals surface area contributed by atoms with Crippen molar-refractivity contribution in [3.05, 3.63) is 70.2 Å². The van der Waals surface area contributed by atoms with E-state index >= 15 is 0 Å². The van der Waals surface area contributed by atoms with Gasteiger partial charge < -0.3 is 16.4 Å². The van der Waals surface area contributed by atoms with E-state index in [-0.39, 0.29) is 11.9 Å². The number of anilines is 2. The predicted molar refractivity (Wildman–Crippen MR) is 122 cm³/mol. The molecule has 150 valence electrons. The molecule has 0 saturated heterocycles. The van der Waals surface area contributed by atoms with Crippen LogP contribution in [0.4, 0.5) is 10.8 Å². The largest absolute Gasteiger partial charge is 0.370 e. The van der Waals surface area contributed by atoms with E-state index in [1.807, 2.05) is 42.5 Å². The van der Waals surface area contributed by atoms with Crippen LogP contribution in [0.15, 0.2) is 53.4 Å². The van der Waals surface area contributed by atoms with Crippen LogP contribution in [0.25, 0.3) is 0 Å². The van der Waals surface area contributed by atoms with Gasteiger partial charge in [0.1, 0.15) is 0 Å². The minimum absolute atomic E-state index is 0.0827. The summed E-state index contributed by atoms with van der Waals surface area (Å²) in [5.74, 6) is -0.205. The van der Waals surface area contributed by atoms with Gasteiger partial charge in [0.05, 0.1) is 5.69 Å². The van der Waals surface area contributed by atoms with Gasteiger partial charge in [0.25, 0.3) is 0 Å². The summed E-state index contributed by atoms with van der Waals surface area (Å²) in [6.45, 7) is 1.49. The molecular weight excluding hydrogens is 402 g/mol. The molecule has 0 atom stereocenters. The molecule has 1 amide bonds. The quantitative estimate of drug-likeness (QED) is 0.224. The lowest BCUT2D eigenvalue weighted by molar-refractivity contribution is -0.114. The Morgan fingerprint density at radius 1 is 1.14 bits per heavy atom. The van der Waals surface area contributed by atoms with Crippen molar-refractivity contribution in [1.82, 2.24) is 4.98 Å². The van der Waals surface area contributed by atoms with Gasteiger partial charge in [0.2, 0.25) is 5.91 Å². The summed E-state index contributed by atoms with van der Waals surface area (Å²) in [4.78, 5) is 18.2. The van der Waals surface area contributed by atoms with Crippen molar-refractivity contribution in [1.29, 1.82) is 5.41 Å². The Morgan fingerprint density at radius 3 is 2.55 bits per heavy atom. The molecular formula is C21H23N5OS2. The van der Waals surface area contributed by atoms with E-state index in [4.69, 9.17) is 11.1 Å². The highest BCUT2D eigenvalue weighted by Crippen LogP contribution is 2.27. The van der Waals surface area contributed by atoms with Crippen LogP contribution in [0.3, 0.4) is 0 Å². The minimum Gasteiger partial charge on any atom is -0.370 e. The Labute approximate surface area is 179 Å². The van der Waals surface area contributed by atoms with E-state index < -0.39 is 0 Å². The normalized spacial score (nSPS) is 10.6. The molecule has 8 heteroatoms. The Hall–Kier alpha value is -2.84. The third-order valence-corrected chi connectivity index (χ3v) is 5.51. The molecule has 2 aromatic carbocycles. The Morgan fingerprint density at radius 2 is 1.90 bits per heavy atom. The third kappa shape index (κ3) is 6.33. The van der Waals surface area contributed by atoms with Gasteiger partial charge in [-0.15, -0.1) is 24.0 Å². The fraction of sp³-hybridized carbons (Fsp3) is 0.190. The number of thiazole rings is 1. The van der Waals surface area contributed by atoms with Crippen LogP contribution in [0.1, 0.15) is 28.6 Å². The molecule has 29 heavy (non-hydrogen) atoms. The summed E-state index contributed by atoms with van der Waals surface area (Å²) in [6.07, 6.45) is 2.34. The molecule has 3 rings (SSSR count). The van der Waals surface area contributed by atoms with Gasteiger partial charge >= 0.3 is 0 Å². The molecule has 0 fully saturated rings. The van der Waals surface area contributed by atoms with Crippen LogP contribution in [0.5, 0.6) is 0 Å². The van der Waals surface area contributed by atoms with Gasteiger partial charge in [-0.05, 0) is 48.2 Å². The SMILES string of the molecule is CC(=O)Nc1nc(CCc2ccc(NC(=N)N)cc2)c(Cc2cccc(S)c2)s1. The first-order valence-electron chi connectivity index (χ1n) is 9.13. The number of nitrogens with one attached hydrogen (secondary N) is 3. The number of guanidine groups is 1. The Kier molecular flexibility index (Phi) is 6.90. The number of carbonyl (C=O) groups is 1. The summed E-state index contributed by atoms with van der Waals surface area (Å²) < 4.78 is 0. The fourth-order valence-corrected chi connectivity index (χ4v) is 4.29. The van der Waals surface area contributed by atoms with E-state index in [0.29, 0.717) is 5.13 Å². The van der Waals surface area contributed by atoms with Crippen LogP contribution in [0, 0.1) is 5.41 Å². The second-order valence-electron chi connectivity index (χ2n) is 6.65. The van der Waals surface area contributed by atoms with Crippen molar-refractivity contribution in [2.24, 2.45) is 5.73 Å². The second-order valence-corrected chi connectivity index (χ2v) is 8.25. The lowest BCUT2D eigenvalue weighted by Crippen LogP contribution is -2.20. The van der Waals surface area contributed by atoms with Crippen molar-refractivity contribution in [3.63, 3.8) is 0 Å². The maximum absolute atomic E-state index is 11.4. The van der Waals surface area contributed by atoms with Gasteiger partial charge in [-0.3, -0.25) is 10.2 Å². The zero-order chi connectivity index (χ0) is 20.8. The van der Waals surface area contributed by atoms with Crippen LogP contribution in [-0.2, 0) is 24.1 Å². The van der Waals surface area contributed by atoms with Crippen molar-refractivity contribution in [3.8, 4) is 0 Å². The van der Waals surface area contributed by atoms with Crippen molar-refractivity contribution >= 4 is 46.7 Å². The van der Waals surface area contributed by atoms with Gasteiger partial charge in [0.15, 0.2) is 11.1 Å². The highest BCUT2D eigenvalue weighted by atomic mass is 32.1. The molecule has 0 aliphatic carbocycles. The molecule has 0 spiro atoms. The number of aryl methyl sites for hydroxylation is 2. The number of nitrogens with zero attached hydrogens (tertiary/aromatic N) is 1. The highest BCUT2D eigenvalue weighted by molar-refractivity contribution is 7.80. The second kappa shape index (κ2) is 9.58. The molecule has 5 N–H and O–H groups in total. The standard InChI is InChI=1S/C21H23N5OS2/c1-13(27)24-21-26-18(19(29-21)12-15-3-2-4-17(28)11-15)10-7-14-5-8-16(9-6-14)25-20(22)23/h2-6,8-9,11,28H,7,10,12H2,1H3,(H4,22,23,25)(H,24,26,27). The minimum atomic E-state index is -0.122. The van der Waals surface area contributed by atoms with Gasteiger partial charge in [0, 0.05) is 28.8 Å². The number of hydrogen-bond acceptors (Lipinski definition) is 5. The van der Waals surface area contributed by atoms with Crippen molar-refractivity contribution in [2.45, 2.75) is 31.1 Å². The molecule has 1 heterocycles. The summed E-state index contributed by atoms with van der Waals surface area (Å²) in [7, 11) is 0. The lowest BCUT2D eigenvalue weighted by Gasteiger charge is -2.06. The summed E-state index contributed by atoms with van der Waals surface area (Å²) in [5, 5.41) is 13.5. The molecule has 3 aromatic rings. The molecule has 0 aliphatic heterocycles. The Bertz CT molecular complexity index is 1010. The van der Waals surface area contributed by atoms with E-state index in [1.54, 1.807) is 0 Å². The smallest absolute Gasteiger partial charge is 0.223 e. The number of carbonyl (C=O) groups excluding carboxylic acids is 1. The summed E-state index contributed by atoms with van der Waals surface area (Å²) >= 11 is 5.94. The van der Waals surface area contributed by atoms with Crippen molar-refractivity contribution in [2.75, 3.05) is 10.6 Å². The molecule has 6 nitrogen and oxygen atoms in total. The average Bonchev–Trinajstić information content (AvgIpc) is 3.01. The number of aromatic nitrogens is 1. The molecule has 0 unspecified atom stereocenters. The van der Waals surface area contributed by atoms with E-state index in [2.05, 4.69) is 34.3 Å². The number of hydrogen-bond donors (Lipinski definition) is 5. The van der Waals surface area contributed by atoms with E-state index in [0.717, 1.165) is 51.5 Å². The average molecular weight is 426 g/mol. The van der Waals surface area contributed by atoms with Crippen LogP contribution >= 0.6 is 24.0 Å². The molecule has 1 aromatic heterocycles. The molecule has 0 aliphatic rings. The maximum Gasteiger partial charge on any atom is 0.223 e. The number of nitrogens with two attached hydrogens (primary N) is 1. The van der Waals surface area contributed by atoms with Crippen LogP contribution < -0.4 is 16.4 Å².